The fraction of sp³-hybridized carbons (Fsp3) is 0.667. The van der Waals surface area contributed by atoms with Crippen LogP contribution in [0.15, 0.2) is 5.16 Å². The summed E-state index contributed by atoms with van der Waals surface area (Å²) in [5.74, 6) is 0. The van der Waals surface area contributed by atoms with Gasteiger partial charge in [0.15, 0.2) is 0 Å². The molecule has 58 valence electrons. The van der Waals surface area contributed by atoms with Crippen LogP contribution in [0.4, 0.5) is 0 Å². The summed E-state index contributed by atoms with van der Waals surface area (Å²) in [6.07, 6.45) is 1.34. The number of nitrogens with zero attached hydrogens (tertiary/aromatic N) is 1. The highest BCUT2D eigenvalue weighted by atomic mass is 16.6. The van der Waals surface area contributed by atoms with E-state index in [1.807, 2.05) is 0 Å². The van der Waals surface area contributed by atoms with Crippen molar-refractivity contribution in [2.75, 3.05) is 20.3 Å². The van der Waals surface area contributed by atoms with E-state index in [-0.39, 0.29) is 0 Å². The highest BCUT2D eigenvalue weighted by Gasteiger charge is 1.81. The fourth-order valence-corrected chi connectivity index (χ4v) is 0.290. The lowest BCUT2D eigenvalue weighted by Gasteiger charge is -1.95. The van der Waals surface area contributed by atoms with Crippen molar-refractivity contribution in [1.82, 2.24) is 0 Å². The van der Waals surface area contributed by atoms with Crippen LogP contribution in [0.25, 0.3) is 0 Å². The monoisotopic (exact) mass is 144 g/mol. The highest BCUT2D eigenvalue weighted by molar-refractivity contribution is 6.27. The van der Waals surface area contributed by atoms with Crippen molar-refractivity contribution in [3.8, 4) is 0 Å². The maximum atomic E-state index is 6.91. The topological polar surface area (TPSA) is 54.7 Å². The second-order valence-electron chi connectivity index (χ2n) is 1.74. The summed E-state index contributed by atoms with van der Waals surface area (Å²) in [4.78, 5) is 4.69. The van der Waals surface area contributed by atoms with Gasteiger partial charge in [0, 0.05) is 12.8 Å². The molecule has 0 aliphatic heterocycles. The first-order chi connectivity index (χ1) is 4.77. The largest absolute Gasteiger partial charge is 0.393 e. The Labute approximate surface area is 60.3 Å². The first-order valence-electron chi connectivity index (χ1n) is 2.97. The Bertz CT molecular complexity index is 123. The molecule has 0 saturated heterocycles. The minimum Gasteiger partial charge on any atom is -0.393 e. The van der Waals surface area contributed by atoms with Crippen LogP contribution in [0.1, 0.15) is 6.92 Å². The van der Waals surface area contributed by atoms with Gasteiger partial charge in [-0.3, -0.25) is 0 Å². The van der Waals surface area contributed by atoms with Crippen molar-refractivity contribution >= 4 is 11.9 Å². The molecule has 1 N–H and O–H groups in total. The number of rotatable bonds is 5. The minimum absolute atomic E-state index is 0.373. The van der Waals surface area contributed by atoms with Crippen molar-refractivity contribution in [2.24, 2.45) is 5.16 Å². The van der Waals surface area contributed by atoms with Crippen LogP contribution in [-0.2, 0) is 9.57 Å². The third-order valence-electron chi connectivity index (χ3n) is 0.700. The van der Waals surface area contributed by atoms with Crippen LogP contribution in [0.3, 0.4) is 0 Å². The smallest absolute Gasteiger partial charge is 0.140 e. The quantitative estimate of drug-likeness (QED) is 0.350. The van der Waals surface area contributed by atoms with Crippen LogP contribution >= 0.6 is 0 Å². The molecule has 0 aromatic rings. The second-order valence-corrected chi connectivity index (χ2v) is 1.74. The zero-order valence-corrected chi connectivity index (χ0v) is 6.26. The first kappa shape index (κ1) is 9.10. The van der Waals surface area contributed by atoms with Crippen molar-refractivity contribution in [3.63, 3.8) is 0 Å². The second kappa shape index (κ2) is 6.22. The fourth-order valence-electron chi connectivity index (χ4n) is 0.290. The Morgan fingerprint density at radius 1 is 1.60 bits per heavy atom. The van der Waals surface area contributed by atoms with Gasteiger partial charge in [0.25, 0.3) is 0 Å². The summed E-state index contributed by atoms with van der Waals surface area (Å²) >= 11 is 0. The van der Waals surface area contributed by atoms with E-state index in [1.54, 1.807) is 14.0 Å². The highest BCUT2D eigenvalue weighted by Crippen LogP contribution is 1.75. The van der Waals surface area contributed by atoms with E-state index in [2.05, 4.69) is 9.99 Å². The molecular weight excluding hydrogens is 132 g/mol. The zero-order chi connectivity index (χ0) is 7.82. The van der Waals surface area contributed by atoms with Gasteiger partial charge in [-0.2, -0.15) is 0 Å². The maximum absolute atomic E-state index is 6.91. The van der Waals surface area contributed by atoms with E-state index < -0.39 is 0 Å². The number of nitrogens with one attached hydrogen (secondary N) is 1. The third-order valence-corrected chi connectivity index (χ3v) is 0.700. The predicted octanol–water partition coefficient (Wildman–Crippen LogP) is 0.675. The van der Waals surface area contributed by atoms with Gasteiger partial charge in [0.05, 0.1) is 12.8 Å². The molecule has 0 aromatic carbocycles. The van der Waals surface area contributed by atoms with Gasteiger partial charge in [0.2, 0.25) is 0 Å². The molecule has 0 aliphatic rings. The number of methoxy groups -OCH3 is 1. The predicted molar refractivity (Wildman–Crippen MR) is 39.7 cm³/mol. The van der Waals surface area contributed by atoms with E-state index >= 15 is 0 Å². The van der Waals surface area contributed by atoms with E-state index in [0.717, 1.165) is 0 Å². The molecule has 0 radical (unpaired) electrons. The minimum atomic E-state index is 0.373. The molecule has 4 nitrogen and oxygen atoms in total. The molecule has 0 fully saturated rings. The van der Waals surface area contributed by atoms with Crippen LogP contribution in [0.2, 0.25) is 0 Å². The lowest BCUT2D eigenvalue weighted by atomic mass is 10.5. The third kappa shape index (κ3) is 7.10. The van der Waals surface area contributed by atoms with Gasteiger partial charge in [-0.25, -0.2) is 0 Å². The number of ether oxygens (including phenoxy) is 1. The molecule has 0 heterocycles. The Morgan fingerprint density at radius 3 is 2.80 bits per heavy atom. The van der Waals surface area contributed by atoms with Crippen molar-refractivity contribution in [3.05, 3.63) is 0 Å². The van der Waals surface area contributed by atoms with Gasteiger partial charge >= 0.3 is 0 Å². The molecule has 4 heteroatoms. The van der Waals surface area contributed by atoms with Gasteiger partial charge < -0.3 is 15.0 Å². The van der Waals surface area contributed by atoms with E-state index in [4.69, 9.17) is 10.1 Å². The number of oxime groups is 1. The number of hydrogen-bond donors (Lipinski definition) is 1. The summed E-state index contributed by atoms with van der Waals surface area (Å²) in [5.41, 5.74) is 0.373. The molecule has 0 amide bonds. The van der Waals surface area contributed by atoms with E-state index in [0.29, 0.717) is 18.9 Å². The Morgan fingerprint density at radius 2 is 2.30 bits per heavy atom. The van der Waals surface area contributed by atoms with Gasteiger partial charge in [-0.1, -0.05) is 5.16 Å². The molecule has 0 unspecified atom stereocenters. The van der Waals surface area contributed by atoms with Gasteiger partial charge in [-0.05, 0) is 6.92 Å². The summed E-state index contributed by atoms with van der Waals surface area (Å²) in [6.45, 7) is 2.58. The molecule has 0 atom stereocenters. The van der Waals surface area contributed by atoms with Crippen molar-refractivity contribution in [2.45, 2.75) is 6.92 Å². The Kier molecular flexibility index (Phi) is 5.66. The lowest BCUT2D eigenvalue weighted by molar-refractivity contribution is 0.0761. The van der Waals surface area contributed by atoms with Crippen LogP contribution < -0.4 is 0 Å². The molecule has 0 rings (SSSR count). The summed E-state index contributed by atoms with van der Waals surface area (Å²) in [5, 5.41) is 10.4. The summed E-state index contributed by atoms with van der Waals surface area (Å²) < 4.78 is 4.70. The Hall–Kier alpha value is -0.900. The van der Waals surface area contributed by atoms with Crippen LogP contribution in [-0.4, -0.2) is 32.2 Å². The Balaban J connectivity index is 3.10. The van der Waals surface area contributed by atoms with Crippen molar-refractivity contribution in [1.29, 1.82) is 5.41 Å². The normalized spacial score (nSPS) is 10.2. The first-order valence-corrected chi connectivity index (χ1v) is 2.97. The SMILES string of the molecule is COCCO/N=C/C(C)=N. The summed E-state index contributed by atoms with van der Waals surface area (Å²) in [7, 11) is 1.59. The molecule has 0 bridgehead atoms. The van der Waals surface area contributed by atoms with Gasteiger partial charge in [-0.15, -0.1) is 0 Å². The molecule has 0 spiro atoms. The molecule has 0 aromatic heterocycles. The molecule has 0 aliphatic carbocycles. The van der Waals surface area contributed by atoms with Crippen LogP contribution in [0, 0.1) is 5.41 Å². The van der Waals surface area contributed by atoms with E-state index in [9.17, 15) is 0 Å². The zero-order valence-electron chi connectivity index (χ0n) is 6.26. The average Bonchev–Trinajstić information content (AvgIpc) is 1.87. The molecule has 0 saturated carbocycles. The molecular formula is C6H12N2O2. The standard InChI is InChI=1S/C6H12N2O2/c1-6(7)5-8-10-4-3-9-2/h5,7H,3-4H2,1-2H3/b7-6?,8-5+. The van der Waals surface area contributed by atoms with Crippen molar-refractivity contribution < 1.29 is 9.57 Å². The average molecular weight is 144 g/mol. The molecule has 10 heavy (non-hydrogen) atoms. The van der Waals surface area contributed by atoms with Gasteiger partial charge in [0.1, 0.15) is 6.61 Å². The lowest BCUT2D eigenvalue weighted by Crippen LogP contribution is -1.98. The maximum Gasteiger partial charge on any atom is 0.140 e. The number of hydrogen-bond acceptors (Lipinski definition) is 4. The summed E-state index contributed by atoms with van der Waals surface area (Å²) in [6, 6.07) is 0. The van der Waals surface area contributed by atoms with E-state index in [1.165, 1.54) is 6.21 Å². The van der Waals surface area contributed by atoms with Crippen LogP contribution in [0.5, 0.6) is 0 Å².